The van der Waals surface area contributed by atoms with E-state index < -0.39 is 0 Å². The van der Waals surface area contributed by atoms with Gasteiger partial charge in [0.05, 0.1) is 17.5 Å². The van der Waals surface area contributed by atoms with Crippen LogP contribution in [0.25, 0.3) is 10.9 Å². The second kappa shape index (κ2) is 7.92. The van der Waals surface area contributed by atoms with E-state index in [1.807, 2.05) is 66.7 Å². The molecule has 0 aliphatic carbocycles. The molecule has 3 aromatic carbocycles. The summed E-state index contributed by atoms with van der Waals surface area (Å²) in [5.41, 5.74) is 2.82. The molecule has 4 rings (SSSR count). The Morgan fingerprint density at radius 1 is 0.893 bits per heavy atom. The lowest BCUT2D eigenvalue weighted by atomic mass is 10.0. The number of fused-ring (bicyclic) bond motifs is 1. The average molecular weight is 369 g/mol. The second-order valence-electron chi connectivity index (χ2n) is 6.55. The monoisotopic (exact) mass is 369 g/mol. The van der Waals surface area contributed by atoms with Crippen molar-refractivity contribution in [3.63, 3.8) is 0 Å². The van der Waals surface area contributed by atoms with Crippen LogP contribution >= 0.6 is 0 Å². The zero-order chi connectivity index (χ0) is 19.3. The Kier molecular flexibility index (Phi) is 5.02. The number of rotatable bonds is 6. The van der Waals surface area contributed by atoms with Crippen molar-refractivity contribution >= 4 is 16.7 Å². The topological polar surface area (TPSA) is 59.4 Å². The van der Waals surface area contributed by atoms with E-state index in [0.29, 0.717) is 18.1 Å². The standard InChI is InChI=1S/C24H19NO3/c26-23(14-19-11-10-18-8-4-5-9-22(18)25-19)21-13-12-20(15-24(21)27)28-16-17-6-2-1-3-7-17/h1-13,15,27H,14,16H2. The SMILES string of the molecule is O=C(Cc1ccc2ccccc2n1)c1ccc(OCc2ccccc2)cc1O. The van der Waals surface area contributed by atoms with Crippen LogP contribution in [-0.2, 0) is 13.0 Å². The summed E-state index contributed by atoms with van der Waals surface area (Å²) in [5, 5.41) is 11.3. The van der Waals surface area contributed by atoms with Crippen LogP contribution in [0, 0.1) is 0 Å². The number of benzene rings is 3. The van der Waals surface area contributed by atoms with Gasteiger partial charge in [-0.1, -0.05) is 54.6 Å². The molecule has 1 N–H and O–H groups in total. The molecule has 0 amide bonds. The van der Waals surface area contributed by atoms with E-state index >= 15 is 0 Å². The molecule has 0 bridgehead atoms. The van der Waals surface area contributed by atoms with Gasteiger partial charge >= 0.3 is 0 Å². The summed E-state index contributed by atoms with van der Waals surface area (Å²) in [6.07, 6.45) is 0.128. The number of hydrogen-bond acceptors (Lipinski definition) is 4. The fourth-order valence-electron chi connectivity index (χ4n) is 3.04. The first kappa shape index (κ1) is 17.7. The summed E-state index contributed by atoms with van der Waals surface area (Å²) >= 11 is 0. The van der Waals surface area contributed by atoms with Crippen LogP contribution in [0.5, 0.6) is 11.5 Å². The van der Waals surface area contributed by atoms with Crippen LogP contribution < -0.4 is 4.74 Å². The number of phenolic OH excluding ortho intramolecular Hbond substituents is 1. The third-order valence-electron chi connectivity index (χ3n) is 4.52. The summed E-state index contributed by atoms with van der Waals surface area (Å²) in [6.45, 7) is 0.397. The lowest BCUT2D eigenvalue weighted by molar-refractivity contribution is 0.0989. The summed E-state index contributed by atoms with van der Waals surface area (Å²) in [4.78, 5) is 17.1. The van der Waals surface area contributed by atoms with Crippen molar-refractivity contribution in [1.29, 1.82) is 0 Å². The number of hydrogen-bond donors (Lipinski definition) is 1. The molecule has 0 unspecified atom stereocenters. The highest BCUT2D eigenvalue weighted by atomic mass is 16.5. The minimum atomic E-state index is -0.185. The Morgan fingerprint density at radius 3 is 2.50 bits per heavy atom. The van der Waals surface area contributed by atoms with Gasteiger partial charge in [0.15, 0.2) is 5.78 Å². The predicted octanol–water partition coefficient (Wildman–Crippen LogP) is 4.94. The number of phenols is 1. The zero-order valence-corrected chi connectivity index (χ0v) is 15.2. The highest BCUT2D eigenvalue weighted by Crippen LogP contribution is 2.26. The van der Waals surface area contributed by atoms with Gasteiger partial charge in [0.2, 0.25) is 0 Å². The third kappa shape index (κ3) is 4.01. The number of aromatic hydroxyl groups is 1. The van der Waals surface area contributed by atoms with E-state index in [1.165, 1.54) is 6.07 Å². The summed E-state index contributed by atoms with van der Waals surface area (Å²) < 4.78 is 5.69. The third-order valence-corrected chi connectivity index (χ3v) is 4.52. The minimum absolute atomic E-state index is 0.0867. The molecule has 0 saturated carbocycles. The maximum absolute atomic E-state index is 12.6. The Labute approximate surface area is 163 Å². The largest absolute Gasteiger partial charge is 0.507 e. The molecular weight excluding hydrogens is 350 g/mol. The van der Waals surface area contributed by atoms with Gasteiger partial charge in [-0.25, -0.2) is 0 Å². The van der Waals surface area contributed by atoms with Crippen molar-refractivity contribution in [1.82, 2.24) is 4.98 Å². The fourth-order valence-corrected chi connectivity index (χ4v) is 3.04. The lowest BCUT2D eigenvalue weighted by Crippen LogP contribution is -2.06. The molecule has 4 nitrogen and oxygen atoms in total. The van der Waals surface area contributed by atoms with Gasteiger partial charge in [0.25, 0.3) is 0 Å². The van der Waals surface area contributed by atoms with E-state index in [-0.39, 0.29) is 23.5 Å². The molecule has 0 spiro atoms. The molecule has 0 radical (unpaired) electrons. The van der Waals surface area contributed by atoms with Gasteiger partial charge < -0.3 is 9.84 Å². The number of carbonyl (C=O) groups is 1. The van der Waals surface area contributed by atoms with Crippen molar-refractivity contribution in [2.45, 2.75) is 13.0 Å². The van der Waals surface area contributed by atoms with Crippen molar-refractivity contribution in [2.24, 2.45) is 0 Å². The second-order valence-corrected chi connectivity index (χ2v) is 6.55. The minimum Gasteiger partial charge on any atom is -0.507 e. The van der Waals surface area contributed by atoms with E-state index in [1.54, 1.807) is 12.1 Å². The number of para-hydroxylation sites is 1. The molecule has 0 aliphatic rings. The van der Waals surface area contributed by atoms with Gasteiger partial charge in [-0.3, -0.25) is 9.78 Å². The molecular formula is C24H19NO3. The van der Waals surface area contributed by atoms with E-state index in [9.17, 15) is 9.90 Å². The van der Waals surface area contributed by atoms with E-state index in [2.05, 4.69) is 4.98 Å². The van der Waals surface area contributed by atoms with Crippen molar-refractivity contribution in [3.05, 3.63) is 102 Å². The number of carbonyl (C=O) groups excluding carboxylic acids is 1. The summed E-state index contributed by atoms with van der Waals surface area (Å²) in [5.74, 6) is 0.243. The summed E-state index contributed by atoms with van der Waals surface area (Å²) in [6, 6.07) is 26.1. The number of nitrogens with zero attached hydrogens (tertiary/aromatic N) is 1. The fraction of sp³-hybridized carbons (Fsp3) is 0.0833. The van der Waals surface area contributed by atoms with Crippen LogP contribution in [-0.4, -0.2) is 15.9 Å². The van der Waals surface area contributed by atoms with Crippen LogP contribution in [0.4, 0.5) is 0 Å². The normalized spacial score (nSPS) is 10.7. The van der Waals surface area contributed by atoms with E-state index in [0.717, 1.165) is 16.5 Å². The summed E-state index contributed by atoms with van der Waals surface area (Å²) in [7, 11) is 0. The molecule has 0 aliphatic heterocycles. The Bertz CT molecular complexity index is 1120. The molecule has 1 aromatic heterocycles. The first-order chi connectivity index (χ1) is 13.7. The number of pyridine rings is 1. The van der Waals surface area contributed by atoms with E-state index in [4.69, 9.17) is 4.74 Å². The molecule has 1 heterocycles. The molecule has 4 aromatic rings. The molecule has 138 valence electrons. The first-order valence-electron chi connectivity index (χ1n) is 9.07. The van der Waals surface area contributed by atoms with Gasteiger partial charge in [0, 0.05) is 17.1 Å². The van der Waals surface area contributed by atoms with Gasteiger partial charge in [-0.2, -0.15) is 0 Å². The molecule has 4 heteroatoms. The number of aromatic nitrogens is 1. The smallest absolute Gasteiger partial charge is 0.172 e. The Morgan fingerprint density at radius 2 is 1.68 bits per heavy atom. The zero-order valence-electron chi connectivity index (χ0n) is 15.2. The van der Waals surface area contributed by atoms with Crippen molar-refractivity contribution < 1.29 is 14.6 Å². The molecule has 28 heavy (non-hydrogen) atoms. The van der Waals surface area contributed by atoms with Gasteiger partial charge in [-0.05, 0) is 29.8 Å². The van der Waals surface area contributed by atoms with Crippen molar-refractivity contribution in [2.75, 3.05) is 0 Å². The molecule has 0 saturated heterocycles. The average Bonchev–Trinajstić information content (AvgIpc) is 2.73. The van der Waals surface area contributed by atoms with Crippen LogP contribution in [0.3, 0.4) is 0 Å². The highest BCUT2D eigenvalue weighted by Gasteiger charge is 2.14. The lowest BCUT2D eigenvalue weighted by Gasteiger charge is -2.09. The van der Waals surface area contributed by atoms with Gasteiger partial charge in [0.1, 0.15) is 18.1 Å². The van der Waals surface area contributed by atoms with Crippen molar-refractivity contribution in [3.8, 4) is 11.5 Å². The predicted molar refractivity (Wildman–Crippen MR) is 109 cm³/mol. The maximum Gasteiger partial charge on any atom is 0.172 e. The number of Topliss-reactive ketones (excluding diaryl/α,β-unsaturated/α-hetero) is 1. The Hall–Kier alpha value is -3.66. The number of ketones is 1. The quantitative estimate of drug-likeness (QED) is 0.489. The van der Waals surface area contributed by atoms with Gasteiger partial charge in [-0.15, -0.1) is 0 Å². The highest BCUT2D eigenvalue weighted by molar-refractivity contribution is 6.00. The first-order valence-corrected chi connectivity index (χ1v) is 9.07. The molecule has 0 fully saturated rings. The molecule has 0 atom stereocenters. The van der Waals surface area contributed by atoms with Crippen LogP contribution in [0.1, 0.15) is 21.6 Å². The Balaban J connectivity index is 1.46. The van der Waals surface area contributed by atoms with Crippen LogP contribution in [0.2, 0.25) is 0 Å². The maximum atomic E-state index is 12.6. The number of ether oxygens (including phenoxy) is 1. The van der Waals surface area contributed by atoms with Crippen LogP contribution in [0.15, 0.2) is 84.9 Å².